The van der Waals surface area contributed by atoms with E-state index in [9.17, 15) is 0 Å². The number of nitrogens with zero attached hydrogens (tertiary/aromatic N) is 2. The van der Waals surface area contributed by atoms with Gasteiger partial charge in [0.15, 0.2) is 6.54 Å². The molecule has 0 aliphatic carbocycles. The zero-order valence-electron chi connectivity index (χ0n) is 3.09. The smallest absolute Gasteiger partial charge is 0.249 e. The van der Waals surface area contributed by atoms with E-state index < -0.39 is 0 Å². The van der Waals surface area contributed by atoms with Crippen LogP contribution >= 0.6 is 11.9 Å². The zero-order chi connectivity index (χ0) is 4.41. The summed E-state index contributed by atoms with van der Waals surface area (Å²) in [5.41, 5.74) is 0. The number of nitrogens with two attached hydrogens (primary N) is 1. The topological polar surface area (TPSA) is 50.3 Å². The van der Waals surface area contributed by atoms with E-state index in [1.165, 1.54) is 11.9 Å². The molecule has 1 aliphatic heterocycles. The van der Waals surface area contributed by atoms with Gasteiger partial charge in [-0.05, 0) is 0 Å². The van der Waals surface area contributed by atoms with Crippen LogP contribution in [-0.2, 0) is 0 Å². The highest BCUT2D eigenvalue weighted by atomic mass is 32.2. The Hall–Kier alpha value is -0.380. The van der Waals surface area contributed by atoms with Gasteiger partial charge in [0.05, 0.1) is 0 Å². The van der Waals surface area contributed by atoms with Crippen molar-refractivity contribution in [1.29, 1.82) is 0 Å². The van der Waals surface area contributed by atoms with Gasteiger partial charge in [-0.3, -0.25) is 0 Å². The summed E-state index contributed by atoms with van der Waals surface area (Å²) in [6.07, 6.45) is 0. The van der Waals surface area contributed by atoms with Crippen molar-refractivity contribution in [2.24, 2.45) is 9.63 Å². The van der Waals surface area contributed by atoms with Gasteiger partial charge in [-0.15, -0.1) is 4.52 Å². The molecule has 2 N–H and O–H groups in total. The molecule has 1 rings (SSSR count). The van der Waals surface area contributed by atoms with Crippen LogP contribution < -0.4 is 5.41 Å². The summed E-state index contributed by atoms with van der Waals surface area (Å²) >= 11 is 1.25. The quantitative estimate of drug-likeness (QED) is 0.402. The summed E-state index contributed by atoms with van der Waals surface area (Å²) < 4.78 is 3.54. The van der Waals surface area contributed by atoms with E-state index in [1.54, 1.807) is 0 Å². The molecule has 0 bridgehead atoms. The molecule has 0 aromatic heterocycles. The third-order valence-electron chi connectivity index (χ3n) is 0.442. The van der Waals surface area contributed by atoms with Crippen molar-refractivity contribution >= 4 is 17.0 Å². The number of rotatable bonds is 0. The molecular weight excluding hydrogens is 98.1 g/mol. The first-order chi connectivity index (χ1) is 2.89. The molecule has 0 atom stereocenters. The minimum atomic E-state index is 0.602. The van der Waals surface area contributed by atoms with Crippen molar-refractivity contribution in [3.8, 4) is 0 Å². The van der Waals surface area contributed by atoms with E-state index in [4.69, 9.17) is 5.41 Å². The van der Waals surface area contributed by atoms with E-state index in [0.29, 0.717) is 6.54 Å². The van der Waals surface area contributed by atoms with E-state index in [2.05, 4.69) is 9.63 Å². The first kappa shape index (κ1) is 3.80. The van der Waals surface area contributed by atoms with Crippen molar-refractivity contribution in [3.63, 3.8) is 0 Å². The van der Waals surface area contributed by atoms with Gasteiger partial charge in [0.25, 0.3) is 5.04 Å². The van der Waals surface area contributed by atoms with Crippen LogP contribution in [0.5, 0.6) is 0 Å². The minimum Gasteiger partial charge on any atom is -0.249 e. The average Bonchev–Trinajstić information content (AvgIpc) is 1.86. The second-order valence-electron chi connectivity index (χ2n) is 0.939. The van der Waals surface area contributed by atoms with Crippen molar-refractivity contribution < 1.29 is 5.41 Å². The number of hydrogen-bond donors (Lipinski definition) is 1. The molecule has 6 heavy (non-hydrogen) atoms. The largest absolute Gasteiger partial charge is 0.255 e. The maximum absolute atomic E-state index is 5.23. The Balaban J connectivity index is 2.52. The Morgan fingerprint density at radius 2 is 2.67 bits per heavy atom. The Morgan fingerprint density at radius 3 is 2.83 bits per heavy atom. The van der Waals surface area contributed by atoms with Crippen LogP contribution in [-0.4, -0.2) is 11.6 Å². The average molecular weight is 102 g/mol. The molecule has 0 aromatic carbocycles. The van der Waals surface area contributed by atoms with Crippen LogP contribution in [0.25, 0.3) is 0 Å². The highest BCUT2D eigenvalue weighted by molar-refractivity contribution is 8.12. The first-order valence-corrected chi connectivity index (χ1v) is 2.32. The van der Waals surface area contributed by atoms with Gasteiger partial charge in [0, 0.05) is 0 Å². The van der Waals surface area contributed by atoms with Crippen LogP contribution in [0.2, 0.25) is 0 Å². The zero-order valence-corrected chi connectivity index (χ0v) is 3.90. The van der Waals surface area contributed by atoms with E-state index >= 15 is 0 Å². The third kappa shape index (κ3) is 0.567. The molecule has 32 valence electrons. The summed E-state index contributed by atoms with van der Waals surface area (Å²) in [5.74, 6) is 0. The summed E-state index contributed by atoms with van der Waals surface area (Å²) in [5, 5.41) is 9.60. The normalized spacial score (nSPS) is 19.7. The summed E-state index contributed by atoms with van der Waals surface area (Å²) in [7, 11) is 0. The van der Waals surface area contributed by atoms with E-state index in [1.807, 2.05) is 0 Å². The summed E-state index contributed by atoms with van der Waals surface area (Å²) in [6, 6.07) is 0. The van der Waals surface area contributed by atoms with Crippen LogP contribution in [0.4, 0.5) is 0 Å². The van der Waals surface area contributed by atoms with Crippen LogP contribution in [0, 0.1) is 0 Å². The molecule has 0 amide bonds. The molecule has 0 fully saturated rings. The Bertz CT molecular complexity index is 87.0. The molecular formula is C2H4N3S+. The maximum Gasteiger partial charge on any atom is 0.255 e. The molecule has 4 heteroatoms. The predicted molar refractivity (Wildman–Crippen MR) is 24.2 cm³/mol. The monoisotopic (exact) mass is 102 g/mol. The fourth-order valence-corrected chi connectivity index (χ4v) is 0.545. The summed E-state index contributed by atoms with van der Waals surface area (Å²) in [6.45, 7) is 0.602. The molecule has 0 radical (unpaired) electrons. The Kier molecular flexibility index (Phi) is 0.874. The van der Waals surface area contributed by atoms with Crippen LogP contribution in [0.1, 0.15) is 0 Å². The molecule has 0 saturated heterocycles. The predicted octanol–water partition coefficient (Wildman–Crippen LogP) is -0.742. The lowest BCUT2D eigenvalue weighted by Gasteiger charge is -1.63. The van der Waals surface area contributed by atoms with Crippen molar-refractivity contribution in [2.45, 2.75) is 0 Å². The second-order valence-corrected chi connectivity index (χ2v) is 1.81. The molecule has 1 heterocycles. The lowest BCUT2D eigenvalue weighted by molar-refractivity contribution is -0.109. The summed E-state index contributed by atoms with van der Waals surface area (Å²) in [4.78, 5) is 0. The number of hydrogen-bond acceptors (Lipinski definition) is 3. The third-order valence-corrected chi connectivity index (χ3v) is 1.00. The second kappa shape index (κ2) is 1.38. The van der Waals surface area contributed by atoms with E-state index in [-0.39, 0.29) is 0 Å². The van der Waals surface area contributed by atoms with E-state index in [0.717, 1.165) is 5.04 Å². The molecule has 0 aromatic rings. The van der Waals surface area contributed by atoms with Gasteiger partial charge in [-0.1, -0.05) is 0 Å². The van der Waals surface area contributed by atoms with Crippen LogP contribution in [0.15, 0.2) is 9.63 Å². The SMILES string of the molecule is [NH2+]=C1CN=NS1. The molecule has 1 aliphatic rings. The fourth-order valence-electron chi connectivity index (χ4n) is 0.209. The van der Waals surface area contributed by atoms with Crippen molar-refractivity contribution in [3.05, 3.63) is 0 Å². The standard InChI is InChI=1S/C2H3N3S/c3-2-1-4-5-6-2/h3H,1H2/p+1. The van der Waals surface area contributed by atoms with Gasteiger partial charge in [0.1, 0.15) is 11.9 Å². The molecule has 0 spiro atoms. The highest BCUT2D eigenvalue weighted by Crippen LogP contribution is 2.08. The molecule has 0 saturated carbocycles. The van der Waals surface area contributed by atoms with Gasteiger partial charge in [-0.25, -0.2) is 5.41 Å². The van der Waals surface area contributed by atoms with Crippen molar-refractivity contribution in [1.82, 2.24) is 0 Å². The minimum absolute atomic E-state index is 0.602. The fraction of sp³-hybridized carbons (Fsp3) is 0.500. The van der Waals surface area contributed by atoms with Gasteiger partial charge >= 0.3 is 0 Å². The lowest BCUT2D eigenvalue weighted by Crippen LogP contribution is -2.37. The highest BCUT2D eigenvalue weighted by Gasteiger charge is 2.06. The molecule has 3 nitrogen and oxygen atoms in total. The van der Waals surface area contributed by atoms with Gasteiger partial charge in [-0.2, -0.15) is 5.11 Å². The Morgan fingerprint density at radius 1 is 1.83 bits per heavy atom. The molecule has 0 unspecified atom stereocenters. The van der Waals surface area contributed by atoms with Gasteiger partial charge < -0.3 is 0 Å². The van der Waals surface area contributed by atoms with Gasteiger partial charge in [0.2, 0.25) is 0 Å². The first-order valence-electron chi connectivity index (χ1n) is 1.55. The Labute approximate surface area is 39.5 Å². The maximum atomic E-state index is 5.23. The van der Waals surface area contributed by atoms with Crippen molar-refractivity contribution in [2.75, 3.05) is 6.54 Å². The lowest BCUT2D eigenvalue weighted by atomic mass is 10.8. The van der Waals surface area contributed by atoms with Crippen LogP contribution in [0.3, 0.4) is 0 Å².